The largest absolute Gasteiger partial charge is 0.536 e. The van der Waals surface area contributed by atoms with Gasteiger partial charge in [0.05, 0.1) is 16.1 Å². The van der Waals surface area contributed by atoms with Gasteiger partial charge in [0.25, 0.3) is 0 Å². The average molecular weight is 587 g/mol. The van der Waals surface area contributed by atoms with Crippen molar-refractivity contribution in [3.05, 3.63) is 54.1 Å². The van der Waals surface area contributed by atoms with Crippen molar-refractivity contribution in [2.45, 2.75) is 116 Å². The molecular weight excluding hydrogens is 529 g/mol. The summed E-state index contributed by atoms with van der Waals surface area (Å²) < 4.78 is 16.9. The molecule has 0 unspecified atom stereocenters. The molecule has 0 fully saturated rings. The molecule has 2 aromatic carbocycles. The highest BCUT2D eigenvalue weighted by Crippen LogP contribution is 2.19. The number of hydrogen-bond acceptors (Lipinski definition) is 3. The predicted molar refractivity (Wildman–Crippen MR) is 179 cm³/mol. The maximum Gasteiger partial charge on any atom is 0.536 e. The summed E-state index contributed by atoms with van der Waals surface area (Å²) in [6, 6.07) is 21.2. The number of aryl methyl sites for hydroxylation is 1. The molecule has 0 bridgehead atoms. The minimum Gasteiger partial charge on any atom is -0.373 e. The third-order valence-electron chi connectivity index (χ3n) is 8.76. The monoisotopic (exact) mass is 586 g/mol. The molecule has 0 heterocycles. The van der Waals surface area contributed by atoms with E-state index in [9.17, 15) is 0 Å². The van der Waals surface area contributed by atoms with E-state index >= 15 is 0 Å². The molecule has 0 atom stereocenters. The minimum absolute atomic E-state index is 1.01. The first-order valence-corrected chi connectivity index (χ1v) is 23.6. The van der Waals surface area contributed by atoms with Crippen LogP contribution < -0.4 is 15.6 Å². The smallest absolute Gasteiger partial charge is 0.373 e. The van der Waals surface area contributed by atoms with Crippen molar-refractivity contribution in [3.63, 3.8) is 0 Å². The van der Waals surface area contributed by atoms with Crippen LogP contribution in [0.5, 0.6) is 0 Å². The molecule has 0 aliphatic heterocycles. The molecule has 2 aromatic rings. The second-order valence-electron chi connectivity index (χ2n) is 12.6. The first-order chi connectivity index (χ1) is 18.6. The molecule has 0 radical (unpaired) electrons. The number of hydrogen-bond donors (Lipinski definition) is 0. The Labute approximate surface area is 244 Å². The van der Waals surface area contributed by atoms with Gasteiger partial charge in [0.2, 0.25) is 0 Å². The van der Waals surface area contributed by atoms with Gasteiger partial charge in [-0.3, -0.25) is 0 Å². The Morgan fingerprint density at radius 2 is 0.872 bits per heavy atom. The quantitative estimate of drug-likeness (QED) is 0.117. The van der Waals surface area contributed by atoms with Crippen molar-refractivity contribution in [2.75, 3.05) is 21.3 Å². The first-order valence-electron chi connectivity index (χ1n) is 15.5. The maximum atomic E-state index is 5.63. The molecule has 220 valence electrons. The molecule has 0 saturated heterocycles. The summed E-state index contributed by atoms with van der Waals surface area (Å²) in [4.78, 5) is 0. The molecule has 0 aliphatic carbocycles. The Balaban J connectivity index is 1.83. The van der Waals surface area contributed by atoms with Crippen molar-refractivity contribution in [3.8, 4) is 0 Å². The van der Waals surface area contributed by atoms with Crippen LogP contribution in [0.3, 0.4) is 0 Å². The normalized spacial score (nSPS) is 12.7. The van der Waals surface area contributed by atoms with Gasteiger partial charge < -0.3 is 13.3 Å². The molecule has 2 rings (SSSR count). The van der Waals surface area contributed by atoms with Crippen LogP contribution in [0.1, 0.15) is 76.7 Å². The van der Waals surface area contributed by atoms with Crippen molar-refractivity contribution >= 4 is 40.5 Å². The fourth-order valence-electron chi connectivity index (χ4n) is 5.65. The van der Waals surface area contributed by atoms with E-state index in [0.29, 0.717) is 0 Å². The van der Waals surface area contributed by atoms with E-state index in [0.717, 1.165) is 11.6 Å². The summed E-state index contributed by atoms with van der Waals surface area (Å²) >= 11 is 0. The highest BCUT2D eigenvalue weighted by Gasteiger charge is 2.40. The minimum atomic E-state index is -2.76. The summed E-state index contributed by atoms with van der Waals surface area (Å²) in [6.07, 6.45) is 15.3. The van der Waals surface area contributed by atoms with Crippen LogP contribution in [0, 0.1) is 0 Å². The van der Waals surface area contributed by atoms with Gasteiger partial charge in [0.15, 0.2) is 0 Å². The lowest BCUT2D eigenvalue weighted by atomic mass is 10.1. The Morgan fingerprint density at radius 1 is 0.487 bits per heavy atom. The highest BCUT2D eigenvalue weighted by molar-refractivity contribution is 6.91. The lowest BCUT2D eigenvalue weighted by Gasteiger charge is -2.27. The van der Waals surface area contributed by atoms with Crippen molar-refractivity contribution in [1.82, 2.24) is 0 Å². The molecule has 0 spiro atoms. The fourth-order valence-corrected chi connectivity index (χ4v) is 12.2. The second kappa shape index (κ2) is 17.0. The van der Waals surface area contributed by atoms with E-state index in [1.54, 1.807) is 31.7 Å². The summed E-state index contributed by atoms with van der Waals surface area (Å²) in [5, 5.41) is 4.22. The molecular formula is C33H58O3Si3. The van der Waals surface area contributed by atoms with Crippen molar-refractivity contribution < 1.29 is 13.3 Å². The van der Waals surface area contributed by atoms with E-state index in [-0.39, 0.29) is 0 Å². The van der Waals surface area contributed by atoms with Crippen molar-refractivity contribution in [2.24, 2.45) is 0 Å². The SMILES string of the molecule is CCCCCCCCCCCC[Si](C)(C)c1ccc([Si](C)(C)CCc2ccc([Si](OC)(OC)OC)cc2)cc1. The van der Waals surface area contributed by atoms with Crippen LogP contribution in [0.4, 0.5) is 0 Å². The van der Waals surface area contributed by atoms with E-state index in [1.165, 1.54) is 81.9 Å². The van der Waals surface area contributed by atoms with Crippen LogP contribution in [0.2, 0.25) is 38.3 Å². The summed E-state index contributed by atoms with van der Waals surface area (Å²) in [5.41, 5.74) is 1.37. The van der Waals surface area contributed by atoms with Crippen LogP contribution >= 0.6 is 0 Å². The molecule has 3 nitrogen and oxygen atoms in total. The Morgan fingerprint density at radius 3 is 1.31 bits per heavy atom. The molecule has 39 heavy (non-hydrogen) atoms. The molecule has 0 aromatic heterocycles. The van der Waals surface area contributed by atoms with Gasteiger partial charge in [-0.15, -0.1) is 0 Å². The number of benzene rings is 2. The van der Waals surface area contributed by atoms with Crippen LogP contribution in [-0.4, -0.2) is 46.3 Å². The molecule has 6 heteroatoms. The Bertz CT molecular complexity index is 914. The second-order valence-corrected chi connectivity index (χ2v) is 25.2. The van der Waals surface area contributed by atoms with E-state index in [1.807, 2.05) is 0 Å². The Kier molecular flexibility index (Phi) is 14.9. The number of rotatable bonds is 20. The van der Waals surface area contributed by atoms with Gasteiger partial charge in [0, 0.05) is 26.5 Å². The van der Waals surface area contributed by atoms with E-state index in [4.69, 9.17) is 13.3 Å². The van der Waals surface area contributed by atoms with Crippen LogP contribution in [-0.2, 0) is 19.7 Å². The van der Waals surface area contributed by atoms with Gasteiger partial charge in [-0.25, -0.2) is 0 Å². The van der Waals surface area contributed by atoms with Gasteiger partial charge in [-0.05, 0) is 18.0 Å². The van der Waals surface area contributed by atoms with Gasteiger partial charge in [-0.2, -0.15) is 0 Å². The number of unbranched alkanes of at least 4 members (excludes halogenated alkanes) is 9. The van der Waals surface area contributed by atoms with Crippen molar-refractivity contribution in [1.29, 1.82) is 0 Å². The molecule has 0 N–H and O–H groups in total. The fraction of sp³-hybridized carbons (Fsp3) is 0.636. The van der Waals surface area contributed by atoms with E-state index in [2.05, 4.69) is 81.6 Å². The first kappa shape index (κ1) is 34.2. The zero-order chi connectivity index (χ0) is 28.8. The summed E-state index contributed by atoms with van der Waals surface area (Å²) in [7, 11) is -0.663. The third kappa shape index (κ3) is 10.7. The lowest BCUT2D eigenvalue weighted by Crippen LogP contribution is -2.54. The highest BCUT2D eigenvalue weighted by atomic mass is 28.4. The van der Waals surface area contributed by atoms with Gasteiger partial charge in [0.1, 0.15) is 0 Å². The van der Waals surface area contributed by atoms with Gasteiger partial charge in [-0.1, -0.05) is 162 Å². The molecule has 0 saturated carbocycles. The third-order valence-corrected chi connectivity index (χ3v) is 18.3. The zero-order valence-corrected chi connectivity index (χ0v) is 29.5. The lowest BCUT2D eigenvalue weighted by molar-refractivity contribution is 0.140. The Hall–Kier alpha value is -1.03. The summed E-state index contributed by atoms with van der Waals surface area (Å²) in [5.74, 6) is 0. The summed E-state index contributed by atoms with van der Waals surface area (Å²) in [6.45, 7) is 12.5. The van der Waals surface area contributed by atoms with Crippen LogP contribution in [0.15, 0.2) is 48.5 Å². The molecule has 0 aliphatic rings. The standard InChI is InChI=1S/C33H58O3Si3/c1-9-10-11-12-13-14-15-16-17-18-28-37(5,6)31-23-25-32(26-24-31)38(7,8)29-27-30-19-21-33(22-20-30)39(34-2,35-3)36-4/h19-26H,9-18,27-29H2,1-8H3. The maximum absolute atomic E-state index is 5.63. The average Bonchev–Trinajstić information content (AvgIpc) is 2.95. The van der Waals surface area contributed by atoms with Crippen LogP contribution in [0.25, 0.3) is 0 Å². The topological polar surface area (TPSA) is 27.7 Å². The van der Waals surface area contributed by atoms with Gasteiger partial charge >= 0.3 is 8.80 Å². The molecule has 0 amide bonds. The zero-order valence-electron chi connectivity index (χ0n) is 26.5. The predicted octanol–water partition coefficient (Wildman–Crippen LogP) is 7.77. The van der Waals surface area contributed by atoms with E-state index < -0.39 is 25.0 Å².